The molecule has 0 aliphatic carbocycles. The molecule has 0 amide bonds. The summed E-state index contributed by atoms with van der Waals surface area (Å²) in [7, 11) is 0. The van der Waals surface area contributed by atoms with Gasteiger partial charge in [-0.1, -0.05) is 0 Å². The fourth-order valence-electron chi connectivity index (χ4n) is 3.99. The molecule has 3 rings (SSSR count). The molecule has 40 heavy (non-hydrogen) atoms. The number of thiazole rings is 1. The number of rotatable bonds is 10. The number of hydrogen-bond acceptors (Lipinski definition) is 14. The summed E-state index contributed by atoms with van der Waals surface area (Å²) in [6.45, 7) is 5.86. The number of aromatic hydroxyl groups is 1. The van der Waals surface area contributed by atoms with Gasteiger partial charge in [0.05, 0.1) is 22.7 Å². The van der Waals surface area contributed by atoms with E-state index < -0.39 is 61.2 Å². The first-order chi connectivity index (χ1) is 18.8. The molecule has 0 radical (unpaired) electrons. The van der Waals surface area contributed by atoms with Crippen molar-refractivity contribution in [2.24, 2.45) is 0 Å². The number of ketones is 1. The molecule has 0 bridgehead atoms. The van der Waals surface area contributed by atoms with E-state index in [1.807, 2.05) is 6.92 Å². The maximum Gasteiger partial charge on any atom is 0.303 e. The molecule has 13 nitrogen and oxygen atoms in total. The highest BCUT2D eigenvalue weighted by molar-refractivity contribution is 7.09. The van der Waals surface area contributed by atoms with E-state index in [0.29, 0.717) is 5.69 Å². The van der Waals surface area contributed by atoms with Crippen molar-refractivity contribution in [3.05, 3.63) is 39.8 Å². The van der Waals surface area contributed by atoms with Crippen LogP contribution in [0.3, 0.4) is 0 Å². The predicted octanol–water partition coefficient (Wildman–Crippen LogP) is 2.04. The quantitative estimate of drug-likeness (QED) is 0.246. The number of phenols is 1. The van der Waals surface area contributed by atoms with Crippen LogP contribution in [0.5, 0.6) is 11.5 Å². The zero-order valence-corrected chi connectivity index (χ0v) is 23.2. The van der Waals surface area contributed by atoms with Crippen LogP contribution < -0.4 is 4.74 Å². The van der Waals surface area contributed by atoms with Gasteiger partial charge < -0.3 is 33.5 Å². The minimum absolute atomic E-state index is 0.000507. The Morgan fingerprint density at radius 1 is 0.925 bits per heavy atom. The maximum absolute atomic E-state index is 12.7. The largest absolute Gasteiger partial charge is 0.507 e. The van der Waals surface area contributed by atoms with Gasteiger partial charge in [-0.15, -0.1) is 11.3 Å². The van der Waals surface area contributed by atoms with Crippen molar-refractivity contribution in [3.63, 3.8) is 0 Å². The van der Waals surface area contributed by atoms with Gasteiger partial charge in [0.25, 0.3) is 0 Å². The van der Waals surface area contributed by atoms with Crippen LogP contribution in [0.4, 0.5) is 0 Å². The Balaban J connectivity index is 1.91. The van der Waals surface area contributed by atoms with Crippen LogP contribution in [0, 0.1) is 6.92 Å². The van der Waals surface area contributed by atoms with E-state index in [1.54, 1.807) is 5.38 Å². The van der Waals surface area contributed by atoms with E-state index in [9.17, 15) is 29.1 Å². The Bertz CT molecular complexity index is 1270. The summed E-state index contributed by atoms with van der Waals surface area (Å²) in [5, 5.41) is 13.1. The van der Waals surface area contributed by atoms with E-state index in [4.69, 9.17) is 28.4 Å². The zero-order chi connectivity index (χ0) is 29.6. The monoisotopic (exact) mass is 579 g/mol. The summed E-state index contributed by atoms with van der Waals surface area (Å²) >= 11 is 1.40. The summed E-state index contributed by atoms with van der Waals surface area (Å²) in [5.41, 5.74) is 0.601. The summed E-state index contributed by atoms with van der Waals surface area (Å²) in [5.74, 6) is -3.77. The lowest BCUT2D eigenvalue weighted by Gasteiger charge is -2.43. The number of hydrogen-bond donors (Lipinski definition) is 1. The van der Waals surface area contributed by atoms with Gasteiger partial charge in [0.15, 0.2) is 18.0 Å². The van der Waals surface area contributed by atoms with Gasteiger partial charge in [-0.05, 0) is 19.1 Å². The van der Waals surface area contributed by atoms with Gasteiger partial charge >= 0.3 is 23.9 Å². The second-order valence-corrected chi connectivity index (χ2v) is 9.88. The third-order valence-corrected chi connectivity index (χ3v) is 6.30. The number of carbonyl (C=O) groups is 5. The summed E-state index contributed by atoms with van der Waals surface area (Å²) in [6, 6.07) is 3.89. The van der Waals surface area contributed by atoms with Gasteiger partial charge in [-0.3, -0.25) is 24.0 Å². The minimum atomic E-state index is -1.49. The first-order valence-corrected chi connectivity index (χ1v) is 13.0. The minimum Gasteiger partial charge on any atom is -0.507 e. The van der Waals surface area contributed by atoms with Crippen molar-refractivity contribution >= 4 is 41.0 Å². The molecule has 1 saturated heterocycles. The maximum atomic E-state index is 12.7. The van der Waals surface area contributed by atoms with Crippen molar-refractivity contribution in [2.45, 2.75) is 71.7 Å². The summed E-state index contributed by atoms with van der Waals surface area (Å²) in [4.78, 5) is 64.2. The summed E-state index contributed by atoms with van der Waals surface area (Å²) in [6.07, 6.45) is -6.91. The van der Waals surface area contributed by atoms with E-state index >= 15 is 0 Å². The van der Waals surface area contributed by atoms with Gasteiger partial charge in [0.2, 0.25) is 12.4 Å². The van der Waals surface area contributed by atoms with E-state index in [2.05, 4.69) is 4.98 Å². The van der Waals surface area contributed by atoms with Crippen LogP contribution >= 0.6 is 11.3 Å². The highest BCUT2D eigenvalue weighted by Crippen LogP contribution is 2.33. The highest BCUT2D eigenvalue weighted by atomic mass is 32.1. The number of carbonyl (C=O) groups excluding carboxylic acids is 5. The smallest absolute Gasteiger partial charge is 0.303 e. The lowest BCUT2D eigenvalue weighted by atomic mass is 9.98. The highest BCUT2D eigenvalue weighted by Gasteiger charge is 2.53. The topological polar surface area (TPSA) is 174 Å². The fourth-order valence-corrected chi connectivity index (χ4v) is 4.60. The molecular formula is C26H29NO12S. The Labute approximate surface area is 233 Å². The van der Waals surface area contributed by atoms with Crippen LogP contribution in [0.15, 0.2) is 23.6 Å². The number of phenolic OH excluding ortho intramolecular Hbond substituents is 1. The molecule has 0 saturated carbocycles. The van der Waals surface area contributed by atoms with Crippen molar-refractivity contribution in [1.82, 2.24) is 4.98 Å². The second kappa shape index (κ2) is 13.3. The average Bonchev–Trinajstić information content (AvgIpc) is 3.25. The third-order valence-electron chi connectivity index (χ3n) is 5.48. The number of aromatic nitrogens is 1. The van der Waals surface area contributed by atoms with Crippen molar-refractivity contribution < 1.29 is 57.5 Å². The number of Topliss-reactive ketones (excluding diaryl/α,β-unsaturated/α-hetero) is 1. The average molecular weight is 580 g/mol. The summed E-state index contributed by atoms with van der Waals surface area (Å²) < 4.78 is 32.8. The lowest BCUT2D eigenvalue weighted by molar-refractivity contribution is -0.288. The molecule has 1 fully saturated rings. The van der Waals surface area contributed by atoms with Gasteiger partial charge in [-0.2, -0.15) is 0 Å². The van der Waals surface area contributed by atoms with Crippen molar-refractivity contribution in [2.75, 3.05) is 6.61 Å². The van der Waals surface area contributed by atoms with Crippen molar-refractivity contribution in [1.29, 1.82) is 0 Å². The molecule has 5 atom stereocenters. The normalized spacial score (nSPS) is 22.1. The van der Waals surface area contributed by atoms with Crippen molar-refractivity contribution in [3.8, 4) is 11.5 Å². The number of ether oxygens (including phenoxy) is 6. The molecule has 14 heteroatoms. The predicted molar refractivity (Wildman–Crippen MR) is 136 cm³/mol. The Morgan fingerprint density at radius 3 is 2.10 bits per heavy atom. The molecular weight excluding hydrogens is 550 g/mol. The molecule has 2 heterocycles. The van der Waals surface area contributed by atoms with Gasteiger partial charge in [-0.25, -0.2) is 4.98 Å². The number of benzene rings is 1. The van der Waals surface area contributed by atoms with Crippen LogP contribution in [0.2, 0.25) is 0 Å². The molecule has 1 aromatic heterocycles. The first kappa shape index (κ1) is 30.5. The van der Waals surface area contributed by atoms with Crippen LogP contribution in [-0.2, 0) is 49.3 Å². The molecule has 2 aromatic rings. The second-order valence-electron chi connectivity index (χ2n) is 8.82. The molecule has 1 N–H and O–H groups in total. The SMILES string of the molecule is CC(=O)OC[C@@H]1O[C@@H](Oc2ccc(C(=O)Cc3csc(C)n3)c(O)c2)[C@@H](OC(C)=O)[C@H](OC(C)=O)[C@@H]1OC(C)=O. The number of nitrogens with zero attached hydrogens (tertiary/aromatic N) is 1. The molecule has 0 spiro atoms. The standard InChI is InChI=1S/C26H29NO12S/c1-12-27-17(11-40-12)8-20(32)19-7-6-18(9-21(19)33)38-26-25(37-16(5)31)24(36-15(4)30)23(35-14(3)29)22(39-26)10-34-13(2)28/h6-7,9,11,22-26,33H,8,10H2,1-5H3/t22-,23+,24+,25-,26+/m0/s1. The number of aryl methyl sites for hydroxylation is 1. The Hall–Kier alpha value is -4.04. The third kappa shape index (κ3) is 8.23. The van der Waals surface area contributed by atoms with E-state index in [-0.39, 0.29) is 29.3 Å². The molecule has 1 aliphatic rings. The van der Waals surface area contributed by atoms with Gasteiger partial charge in [0, 0.05) is 39.1 Å². The molecule has 1 aliphatic heterocycles. The van der Waals surface area contributed by atoms with Crippen LogP contribution in [0.1, 0.15) is 48.8 Å². The lowest BCUT2D eigenvalue weighted by Crippen LogP contribution is -2.63. The van der Waals surface area contributed by atoms with Crippen LogP contribution in [0.25, 0.3) is 0 Å². The van der Waals surface area contributed by atoms with E-state index in [1.165, 1.54) is 23.5 Å². The Kier molecular flexibility index (Phi) is 10.2. The Morgan fingerprint density at radius 2 is 1.55 bits per heavy atom. The fraction of sp³-hybridized carbons (Fsp3) is 0.462. The zero-order valence-electron chi connectivity index (χ0n) is 22.4. The van der Waals surface area contributed by atoms with Crippen LogP contribution in [-0.4, -0.2) is 77.1 Å². The molecule has 0 unspecified atom stereocenters. The first-order valence-electron chi connectivity index (χ1n) is 12.1. The van der Waals surface area contributed by atoms with Gasteiger partial charge in [0.1, 0.15) is 24.2 Å². The van der Waals surface area contributed by atoms with E-state index in [0.717, 1.165) is 38.8 Å². The number of esters is 4. The molecule has 1 aromatic carbocycles. The molecule has 216 valence electrons.